The molecule has 0 fully saturated rings. The molecule has 0 unspecified atom stereocenters. The van der Waals surface area contributed by atoms with Crippen LogP contribution in [0.15, 0.2) is 53.4 Å². The van der Waals surface area contributed by atoms with Gasteiger partial charge in [0.15, 0.2) is 0 Å². The van der Waals surface area contributed by atoms with E-state index in [1.165, 1.54) is 0 Å². The van der Waals surface area contributed by atoms with E-state index in [1.54, 1.807) is 30.0 Å². The number of carboxylic acid groups (broad SMARTS) is 1. The Morgan fingerprint density at radius 1 is 1.17 bits per heavy atom. The first-order valence-corrected chi connectivity index (χ1v) is 6.44. The van der Waals surface area contributed by atoms with Gasteiger partial charge < -0.3 is 10.8 Å². The van der Waals surface area contributed by atoms with Crippen LogP contribution in [0.2, 0.25) is 0 Å². The lowest BCUT2D eigenvalue weighted by atomic mass is 10.1. The minimum absolute atomic E-state index is 0.320. The summed E-state index contributed by atoms with van der Waals surface area (Å²) < 4.78 is 0. The summed E-state index contributed by atoms with van der Waals surface area (Å²) in [4.78, 5) is 11.9. The van der Waals surface area contributed by atoms with Gasteiger partial charge in [-0.05, 0) is 35.9 Å². The number of nitrogen functional groups attached to an aromatic ring is 1. The normalized spacial score (nSPS) is 10.2. The summed E-state index contributed by atoms with van der Waals surface area (Å²) in [5.74, 6) is -0.171. The van der Waals surface area contributed by atoms with Gasteiger partial charge in [-0.2, -0.15) is 0 Å². The van der Waals surface area contributed by atoms with E-state index in [0.717, 1.165) is 21.9 Å². The van der Waals surface area contributed by atoms with E-state index in [-0.39, 0.29) is 0 Å². The van der Waals surface area contributed by atoms with Gasteiger partial charge in [-0.1, -0.05) is 18.2 Å². The maximum absolute atomic E-state index is 10.8. The fourth-order valence-electron chi connectivity index (χ4n) is 1.57. The number of hydrogen-bond donors (Lipinski definition) is 2. The summed E-state index contributed by atoms with van der Waals surface area (Å²) in [6.07, 6.45) is 0. The summed E-state index contributed by atoms with van der Waals surface area (Å²) in [5.41, 5.74) is 7.74. The molecule has 92 valence electrons. The van der Waals surface area contributed by atoms with E-state index in [1.807, 2.05) is 30.3 Å². The third-order valence-electron chi connectivity index (χ3n) is 2.44. The molecule has 0 spiro atoms. The predicted octanol–water partition coefficient (Wildman–Crippen LogP) is 3.26. The smallest absolute Gasteiger partial charge is 0.335 e. The summed E-state index contributed by atoms with van der Waals surface area (Å²) in [6.45, 7) is 0. The van der Waals surface area contributed by atoms with Crippen LogP contribution in [-0.2, 0) is 5.75 Å². The molecule has 2 aromatic rings. The van der Waals surface area contributed by atoms with Crippen molar-refractivity contribution in [2.75, 3.05) is 5.73 Å². The highest BCUT2D eigenvalue weighted by molar-refractivity contribution is 7.98. The lowest BCUT2D eigenvalue weighted by Crippen LogP contribution is -1.96. The Morgan fingerprint density at radius 2 is 1.94 bits per heavy atom. The molecule has 0 aliphatic rings. The molecule has 0 saturated heterocycles. The molecular weight excluding hydrogens is 246 g/mol. The van der Waals surface area contributed by atoms with Gasteiger partial charge in [0.1, 0.15) is 0 Å². The van der Waals surface area contributed by atoms with Crippen LogP contribution in [-0.4, -0.2) is 11.1 Å². The number of hydrogen-bond acceptors (Lipinski definition) is 3. The number of carbonyl (C=O) groups is 1. The van der Waals surface area contributed by atoms with Gasteiger partial charge >= 0.3 is 5.97 Å². The Balaban J connectivity index is 2.06. The molecule has 18 heavy (non-hydrogen) atoms. The minimum atomic E-state index is -0.897. The third kappa shape index (κ3) is 3.28. The molecule has 2 aromatic carbocycles. The van der Waals surface area contributed by atoms with E-state index >= 15 is 0 Å². The van der Waals surface area contributed by atoms with Crippen LogP contribution in [0.1, 0.15) is 15.9 Å². The first-order valence-electron chi connectivity index (χ1n) is 5.46. The molecular formula is C14H13NO2S. The van der Waals surface area contributed by atoms with Crippen LogP contribution in [0.25, 0.3) is 0 Å². The zero-order valence-electron chi connectivity index (χ0n) is 9.67. The first-order chi connectivity index (χ1) is 8.65. The largest absolute Gasteiger partial charge is 0.478 e. The fourth-order valence-corrected chi connectivity index (χ4v) is 2.47. The molecule has 0 aliphatic carbocycles. The minimum Gasteiger partial charge on any atom is -0.478 e. The number of benzene rings is 2. The molecule has 0 bridgehead atoms. The van der Waals surface area contributed by atoms with Crippen LogP contribution >= 0.6 is 11.8 Å². The van der Waals surface area contributed by atoms with Crippen LogP contribution in [0.4, 0.5) is 5.69 Å². The highest BCUT2D eigenvalue weighted by Gasteiger charge is 2.03. The number of rotatable bonds is 4. The summed E-state index contributed by atoms with van der Waals surface area (Å²) in [5, 5.41) is 8.91. The highest BCUT2D eigenvalue weighted by Crippen LogP contribution is 2.24. The third-order valence-corrected chi connectivity index (χ3v) is 3.50. The predicted molar refractivity (Wildman–Crippen MR) is 73.8 cm³/mol. The van der Waals surface area contributed by atoms with Crippen LogP contribution in [0.3, 0.4) is 0 Å². The van der Waals surface area contributed by atoms with Crippen molar-refractivity contribution in [3.05, 3.63) is 59.7 Å². The summed E-state index contributed by atoms with van der Waals surface area (Å²) >= 11 is 1.64. The number of anilines is 1. The second-order valence-electron chi connectivity index (χ2n) is 3.87. The Morgan fingerprint density at radius 3 is 2.67 bits per heavy atom. The number of carboxylic acids is 1. The maximum atomic E-state index is 10.8. The van der Waals surface area contributed by atoms with E-state index in [0.29, 0.717) is 5.56 Å². The monoisotopic (exact) mass is 259 g/mol. The van der Waals surface area contributed by atoms with Gasteiger partial charge in [-0.15, -0.1) is 11.8 Å². The Bertz CT molecular complexity index is 569. The Hall–Kier alpha value is -1.94. The molecule has 0 atom stereocenters. The van der Waals surface area contributed by atoms with Crippen molar-refractivity contribution >= 4 is 23.4 Å². The highest BCUT2D eigenvalue weighted by atomic mass is 32.2. The van der Waals surface area contributed by atoms with Gasteiger partial charge in [0.25, 0.3) is 0 Å². The standard InChI is InChI=1S/C14H13NO2S/c15-12-5-2-6-13(8-12)18-9-10-3-1-4-11(7-10)14(16)17/h1-8H,9,15H2,(H,16,17). The lowest BCUT2D eigenvalue weighted by molar-refractivity contribution is 0.0697. The van der Waals surface area contributed by atoms with Crippen molar-refractivity contribution in [2.45, 2.75) is 10.6 Å². The molecule has 0 amide bonds. The molecule has 0 radical (unpaired) electrons. The fraction of sp³-hybridized carbons (Fsp3) is 0.0714. The van der Waals surface area contributed by atoms with E-state index < -0.39 is 5.97 Å². The lowest BCUT2D eigenvalue weighted by Gasteiger charge is -2.04. The van der Waals surface area contributed by atoms with E-state index in [2.05, 4.69) is 0 Å². The molecule has 4 heteroatoms. The Kier molecular flexibility index (Phi) is 3.89. The molecule has 0 heterocycles. The quantitative estimate of drug-likeness (QED) is 0.653. The average Bonchev–Trinajstić information content (AvgIpc) is 2.37. The van der Waals surface area contributed by atoms with Gasteiger partial charge in [0.2, 0.25) is 0 Å². The molecule has 0 aliphatic heterocycles. The SMILES string of the molecule is Nc1cccc(SCc2cccc(C(=O)O)c2)c1. The zero-order valence-corrected chi connectivity index (χ0v) is 10.5. The second kappa shape index (κ2) is 5.60. The molecule has 2 rings (SSSR count). The summed E-state index contributed by atoms with van der Waals surface area (Å²) in [6, 6.07) is 14.6. The molecule has 0 saturated carbocycles. The first kappa shape index (κ1) is 12.5. The van der Waals surface area contributed by atoms with Gasteiger partial charge in [0.05, 0.1) is 5.56 Å². The van der Waals surface area contributed by atoms with Crippen molar-refractivity contribution in [1.29, 1.82) is 0 Å². The maximum Gasteiger partial charge on any atom is 0.335 e. The van der Waals surface area contributed by atoms with Gasteiger partial charge in [0, 0.05) is 16.3 Å². The molecule has 3 nitrogen and oxygen atoms in total. The van der Waals surface area contributed by atoms with Gasteiger partial charge in [-0.25, -0.2) is 4.79 Å². The van der Waals surface area contributed by atoms with Crippen molar-refractivity contribution < 1.29 is 9.90 Å². The zero-order chi connectivity index (χ0) is 13.0. The topological polar surface area (TPSA) is 63.3 Å². The molecule has 3 N–H and O–H groups in total. The van der Waals surface area contributed by atoms with Crippen molar-refractivity contribution in [3.8, 4) is 0 Å². The van der Waals surface area contributed by atoms with Crippen LogP contribution in [0, 0.1) is 0 Å². The Labute approximate surface area is 110 Å². The van der Waals surface area contributed by atoms with Crippen molar-refractivity contribution in [3.63, 3.8) is 0 Å². The number of aromatic carboxylic acids is 1. The van der Waals surface area contributed by atoms with Gasteiger partial charge in [-0.3, -0.25) is 0 Å². The van der Waals surface area contributed by atoms with Crippen LogP contribution < -0.4 is 5.73 Å². The second-order valence-corrected chi connectivity index (χ2v) is 4.92. The molecule has 0 aromatic heterocycles. The number of nitrogens with two attached hydrogens (primary N) is 1. The van der Waals surface area contributed by atoms with Crippen molar-refractivity contribution in [1.82, 2.24) is 0 Å². The van der Waals surface area contributed by atoms with E-state index in [9.17, 15) is 4.79 Å². The van der Waals surface area contributed by atoms with E-state index in [4.69, 9.17) is 10.8 Å². The van der Waals surface area contributed by atoms with Crippen molar-refractivity contribution in [2.24, 2.45) is 0 Å². The number of thioether (sulfide) groups is 1. The average molecular weight is 259 g/mol. The van der Waals surface area contributed by atoms with Crippen LogP contribution in [0.5, 0.6) is 0 Å². The summed E-state index contributed by atoms with van der Waals surface area (Å²) in [7, 11) is 0.